The first-order valence-electron chi connectivity index (χ1n) is 6.49. The van der Waals surface area contributed by atoms with Gasteiger partial charge < -0.3 is 4.74 Å². The zero-order valence-electron chi connectivity index (χ0n) is 11.4. The molecule has 19 heavy (non-hydrogen) atoms. The standard InChI is InChI=1S/C14H21N3O2/c1-14(2,12-16-9-15-10-17-12)13(18)19-8-11-6-4-3-5-7-11/h3-7,12,15-17H,8-10H2,1-2H3. The lowest BCUT2D eigenvalue weighted by Crippen LogP contribution is -2.63. The van der Waals surface area contributed by atoms with Crippen LogP contribution in [0.3, 0.4) is 0 Å². The minimum Gasteiger partial charge on any atom is -0.460 e. The Labute approximate surface area is 113 Å². The Kier molecular flexibility index (Phi) is 4.52. The molecule has 0 atom stereocenters. The second kappa shape index (κ2) is 6.14. The van der Waals surface area contributed by atoms with Crippen LogP contribution in [0, 0.1) is 5.41 Å². The molecule has 0 spiro atoms. The molecule has 1 saturated heterocycles. The van der Waals surface area contributed by atoms with Crippen molar-refractivity contribution in [1.82, 2.24) is 16.0 Å². The van der Waals surface area contributed by atoms with Crippen LogP contribution >= 0.6 is 0 Å². The Balaban J connectivity index is 1.90. The predicted molar refractivity (Wildman–Crippen MR) is 72.9 cm³/mol. The summed E-state index contributed by atoms with van der Waals surface area (Å²) in [6.45, 7) is 5.46. The average molecular weight is 263 g/mol. The Morgan fingerprint density at radius 3 is 2.53 bits per heavy atom. The predicted octanol–water partition coefficient (Wildman–Crippen LogP) is 0.780. The molecule has 0 aliphatic carbocycles. The summed E-state index contributed by atoms with van der Waals surface area (Å²) in [5.41, 5.74) is 0.384. The molecule has 1 heterocycles. The van der Waals surface area contributed by atoms with Crippen LogP contribution in [0.2, 0.25) is 0 Å². The van der Waals surface area contributed by atoms with Gasteiger partial charge in [-0.1, -0.05) is 30.3 Å². The second-order valence-electron chi connectivity index (χ2n) is 5.23. The molecule has 1 aromatic rings. The summed E-state index contributed by atoms with van der Waals surface area (Å²) in [5.74, 6) is -0.205. The maximum absolute atomic E-state index is 12.2. The summed E-state index contributed by atoms with van der Waals surface area (Å²) in [6, 6.07) is 9.70. The Hall–Kier alpha value is -1.43. The van der Waals surface area contributed by atoms with E-state index < -0.39 is 5.41 Å². The number of rotatable bonds is 4. The van der Waals surface area contributed by atoms with E-state index >= 15 is 0 Å². The molecule has 2 rings (SSSR count). The van der Waals surface area contributed by atoms with Crippen LogP contribution in [0.1, 0.15) is 19.4 Å². The number of nitrogens with one attached hydrogen (secondary N) is 3. The molecule has 0 saturated carbocycles. The molecule has 1 aromatic carbocycles. The van der Waals surface area contributed by atoms with Crippen LogP contribution in [0.4, 0.5) is 0 Å². The fraction of sp³-hybridized carbons (Fsp3) is 0.500. The summed E-state index contributed by atoms with van der Waals surface area (Å²) >= 11 is 0. The summed E-state index contributed by atoms with van der Waals surface area (Å²) in [6.07, 6.45) is -0.0861. The van der Waals surface area contributed by atoms with E-state index in [4.69, 9.17) is 4.74 Å². The van der Waals surface area contributed by atoms with Gasteiger partial charge in [-0.15, -0.1) is 0 Å². The molecule has 1 aliphatic rings. The van der Waals surface area contributed by atoms with Crippen LogP contribution in [0.5, 0.6) is 0 Å². The van der Waals surface area contributed by atoms with Gasteiger partial charge in [0, 0.05) is 13.3 Å². The van der Waals surface area contributed by atoms with Gasteiger partial charge in [-0.05, 0) is 19.4 Å². The monoisotopic (exact) mass is 263 g/mol. The third kappa shape index (κ3) is 3.53. The highest BCUT2D eigenvalue weighted by Gasteiger charge is 2.38. The number of carbonyl (C=O) groups is 1. The van der Waals surface area contributed by atoms with Gasteiger partial charge in [-0.25, -0.2) is 0 Å². The molecule has 0 amide bonds. The minimum atomic E-state index is -0.614. The van der Waals surface area contributed by atoms with Crippen molar-refractivity contribution < 1.29 is 9.53 Å². The maximum Gasteiger partial charge on any atom is 0.314 e. The first-order valence-corrected chi connectivity index (χ1v) is 6.49. The Morgan fingerprint density at radius 2 is 1.89 bits per heavy atom. The highest BCUT2D eigenvalue weighted by Crippen LogP contribution is 2.22. The molecule has 5 heteroatoms. The van der Waals surface area contributed by atoms with E-state index in [0.717, 1.165) is 5.56 Å². The van der Waals surface area contributed by atoms with Gasteiger partial charge in [-0.3, -0.25) is 20.7 Å². The van der Waals surface area contributed by atoms with Gasteiger partial charge in [0.05, 0.1) is 11.6 Å². The van der Waals surface area contributed by atoms with Crippen LogP contribution in [0.25, 0.3) is 0 Å². The lowest BCUT2D eigenvalue weighted by molar-refractivity contribution is -0.158. The minimum absolute atomic E-state index is 0.0861. The summed E-state index contributed by atoms with van der Waals surface area (Å²) in [5, 5.41) is 9.54. The quantitative estimate of drug-likeness (QED) is 0.701. The van der Waals surface area contributed by atoms with E-state index in [0.29, 0.717) is 19.9 Å². The molecule has 3 N–H and O–H groups in total. The fourth-order valence-electron chi connectivity index (χ4n) is 2.02. The summed E-state index contributed by atoms with van der Waals surface area (Å²) in [4.78, 5) is 12.2. The van der Waals surface area contributed by atoms with Gasteiger partial charge in [0.2, 0.25) is 0 Å². The van der Waals surface area contributed by atoms with Gasteiger partial charge in [0.1, 0.15) is 6.61 Å². The first-order chi connectivity index (χ1) is 9.10. The number of carbonyl (C=O) groups excluding carboxylic acids is 1. The highest BCUT2D eigenvalue weighted by molar-refractivity contribution is 5.76. The van der Waals surface area contributed by atoms with Crippen molar-refractivity contribution in [3.05, 3.63) is 35.9 Å². The number of hydrogen-bond donors (Lipinski definition) is 3. The van der Waals surface area contributed by atoms with E-state index in [1.54, 1.807) is 0 Å². The van der Waals surface area contributed by atoms with Crippen molar-refractivity contribution in [2.24, 2.45) is 5.41 Å². The fourth-order valence-corrected chi connectivity index (χ4v) is 2.02. The molecule has 1 fully saturated rings. The zero-order chi connectivity index (χ0) is 13.7. The SMILES string of the molecule is CC(C)(C(=O)OCc1ccccc1)C1NCNCN1. The Morgan fingerprint density at radius 1 is 1.26 bits per heavy atom. The molecule has 1 aliphatic heterocycles. The highest BCUT2D eigenvalue weighted by atomic mass is 16.5. The first kappa shape index (κ1) is 14.0. The number of hydrogen-bond acceptors (Lipinski definition) is 5. The van der Waals surface area contributed by atoms with E-state index in [-0.39, 0.29) is 12.1 Å². The van der Waals surface area contributed by atoms with Gasteiger partial charge in [0.15, 0.2) is 0 Å². The topological polar surface area (TPSA) is 62.4 Å². The van der Waals surface area contributed by atoms with Crippen LogP contribution in [-0.4, -0.2) is 25.5 Å². The van der Waals surface area contributed by atoms with Crippen molar-refractivity contribution in [2.75, 3.05) is 13.3 Å². The molecule has 0 unspecified atom stereocenters. The van der Waals surface area contributed by atoms with E-state index in [9.17, 15) is 4.79 Å². The average Bonchev–Trinajstić information content (AvgIpc) is 2.46. The molecule has 0 bridgehead atoms. The zero-order valence-corrected chi connectivity index (χ0v) is 11.4. The molecule has 0 aromatic heterocycles. The summed E-state index contributed by atoms with van der Waals surface area (Å²) in [7, 11) is 0. The van der Waals surface area contributed by atoms with Crippen molar-refractivity contribution in [2.45, 2.75) is 26.6 Å². The maximum atomic E-state index is 12.2. The largest absolute Gasteiger partial charge is 0.460 e. The third-order valence-corrected chi connectivity index (χ3v) is 3.32. The summed E-state index contributed by atoms with van der Waals surface area (Å²) < 4.78 is 5.41. The normalized spacial score (nSPS) is 17.2. The third-order valence-electron chi connectivity index (χ3n) is 3.32. The van der Waals surface area contributed by atoms with Crippen molar-refractivity contribution in [3.8, 4) is 0 Å². The van der Waals surface area contributed by atoms with Crippen molar-refractivity contribution >= 4 is 5.97 Å². The second-order valence-corrected chi connectivity index (χ2v) is 5.23. The van der Waals surface area contributed by atoms with Crippen LogP contribution in [-0.2, 0) is 16.1 Å². The smallest absolute Gasteiger partial charge is 0.314 e. The van der Waals surface area contributed by atoms with Crippen molar-refractivity contribution in [1.29, 1.82) is 0 Å². The lowest BCUT2D eigenvalue weighted by atomic mass is 9.89. The van der Waals surface area contributed by atoms with Gasteiger partial charge in [0.25, 0.3) is 0 Å². The molecule has 5 nitrogen and oxygen atoms in total. The molecular weight excluding hydrogens is 242 g/mol. The molecular formula is C14H21N3O2. The van der Waals surface area contributed by atoms with Crippen LogP contribution < -0.4 is 16.0 Å². The molecule has 104 valence electrons. The van der Waals surface area contributed by atoms with E-state index in [1.807, 2.05) is 44.2 Å². The lowest BCUT2D eigenvalue weighted by Gasteiger charge is -2.36. The van der Waals surface area contributed by atoms with Gasteiger partial charge in [-0.2, -0.15) is 0 Å². The van der Waals surface area contributed by atoms with Crippen molar-refractivity contribution in [3.63, 3.8) is 0 Å². The van der Waals surface area contributed by atoms with Crippen LogP contribution in [0.15, 0.2) is 30.3 Å². The number of ether oxygens (including phenoxy) is 1. The Bertz CT molecular complexity index is 414. The molecule has 0 radical (unpaired) electrons. The van der Waals surface area contributed by atoms with E-state index in [2.05, 4.69) is 16.0 Å². The van der Waals surface area contributed by atoms with E-state index in [1.165, 1.54) is 0 Å². The number of esters is 1. The number of benzene rings is 1. The van der Waals surface area contributed by atoms with Gasteiger partial charge >= 0.3 is 5.97 Å².